The number of aliphatic hydroxyl groups is 1. The smallest absolute Gasteiger partial charge is 0.0580 e. The topological polar surface area (TPSA) is 20.2 Å². The molecule has 0 amide bonds. The molecule has 0 aliphatic heterocycles. The Balaban J connectivity index is 2.16. The molecule has 84 valence electrons. The Morgan fingerprint density at radius 1 is 1.07 bits per heavy atom. The van der Waals surface area contributed by atoms with Crippen LogP contribution in [-0.2, 0) is 6.42 Å². The van der Waals surface area contributed by atoms with Gasteiger partial charge in [-0.25, -0.2) is 0 Å². The number of aliphatic hydroxyl groups excluding tert-OH is 1. The van der Waals surface area contributed by atoms with Gasteiger partial charge in [0.2, 0.25) is 0 Å². The first-order chi connectivity index (χ1) is 7.33. The highest BCUT2D eigenvalue weighted by Crippen LogP contribution is 2.10. The molecule has 1 atom stereocenters. The van der Waals surface area contributed by atoms with Gasteiger partial charge in [-0.15, -0.1) is 0 Å². The van der Waals surface area contributed by atoms with E-state index in [0.29, 0.717) is 0 Å². The van der Waals surface area contributed by atoms with Gasteiger partial charge in [0, 0.05) is 0 Å². The largest absolute Gasteiger partial charge is 0.393 e. The number of benzene rings is 1. The first-order valence-corrected chi connectivity index (χ1v) is 6.05. The molecule has 1 aromatic rings. The van der Waals surface area contributed by atoms with Crippen LogP contribution in [0.2, 0.25) is 0 Å². The standard InChI is InChI=1S/C14H22O/c1-2-3-4-8-11-14(15)12-13-9-6-5-7-10-13/h5-7,9-10,14-15H,2-4,8,11-12H2,1H3. The maximum absolute atomic E-state index is 9.80. The van der Waals surface area contributed by atoms with E-state index in [4.69, 9.17) is 0 Å². The summed E-state index contributed by atoms with van der Waals surface area (Å²) in [6.45, 7) is 2.21. The number of unbranched alkanes of at least 4 members (excludes halogenated alkanes) is 3. The van der Waals surface area contributed by atoms with Crippen molar-refractivity contribution >= 4 is 0 Å². The molecule has 1 unspecified atom stereocenters. The van der Waals surface area contributed by atoms with Crippen molar-refractivity contribution in [1.82, 2.24) is 0 Å². The molecule has 1 N–H and O–H groups in total. The van der Waals surface area contributed by atoms with Crippen molar-refractivity contribution in [3.8, 4) is 0 Å². The maximum atomic E-state index is 9.80. The van der Waals surface area contributed by atoms with Gasteiger partial charge in [0.1, 0.15) is 0 Å². The van der Waals surface area contributed by atoms with Crippen LogP contribution in [0.4, 0.5) is 0 Å². The summed E-state index contributed by atoms with van der Waals surface area (Å²) >= 11 is 0. The molecule has 0 radical (unpaired) electrons. The first kappa shape index (κ1) is 12.3. The molecule has 1 aromatic carbocycles. The average molecular weight is 206 g/mol. The van der Waals surface area contributed by atoms with Crippen molar-refractivity contribution in [2.24, 2.45) is 0 Å². The predicted octanol–water partition coefficient (Wildman–Crippen LogP) is 3.56. The number of hydrogen-bond acceptors (Lipinski definition) is 1. The Morgan fingerprint density at radius 2 is 1.80 bits per heavy atom. The summed E-state index contributed by atoms with van der Waals surface area (Å²) in [6.07, 6.45) is 6.53. The van der Waals surface area contributed by atoms with Crippen LogP contribution in [-0.4, -0.2) is 11.2 Å². The van der Waals surface area contributed by atoms with E-state index in [1.54, 1.807) is 0 Å². The van der Waals surface area contributed by atoms with Crippen LogP contribution in [0.3, 0.4) is 0 Å². The summed E-state index contributed by atoms with van der Waals surface area (Å²) in [5.74, 6) is 0. The molecule has 0 saturated carbocycles. The van der Waals surface area contributed by atoms with Crippen LogP contribution in [0.25, 0.3) is 0 Å². The summed E-state index contributed by atoms with van der Waals surface area (Å²) in [5.41, 5.74) is 1.24. The Hall–Kier alpha value is -0.820. The van der Waals surface area contributed by atoms with Gasteiger partial charge in [-0.3, -0.25) is 0 Å². The van der Waals surface area contributed by atoms with Gasteiger partial charge in [0.15, 0.2) is 0 Å². The van der Waals surface area contributed by atoms with Crippen molar-refractivity contribution < 1.29 is 5.11 Å². The van der Waals surface area contributed by atoms with E-state index in [-0.39, 0.29) is 6.10 Å². The van der Waals surface area contributed by atoms with E-state index < -0.39 is 0 Å². The van der Waals surface area contributed by atoms with Crippen molar-refractivity contribution in [1.29, 1.82) is 0 Å². The van der Waals surface area contributed by atoms with E-state index >= 15 is 0 Å². The third-order valence-electron chi connectivity index (χ3n) is 2.71. The average Bonchev–Trinajstić information content (AvgIpc) is 2.26. The van der Waals surface area contributed by atoms with Crippen molar-refractivity contribution in [3.05, 3.63) is 35.9 Å². The molecule has 15 heavy (non-hydrogen) atoms. The Labute approximate surface area is 93.1 Å². The fraction of sp³-hybridized carbons (Fsp3) is 0.571. The highest BCUT2D eigenvalue weighted by Gasteiger charge is 2.04. The van der Waals surface area contributed by atoms with Crippen LogP contribution >= 0.6 is 0 Å². The molecular formula is C14H22O. The Kier molecular flexibility index (Phi) is 6.10. The second-order valence-electron chi connectivity index (χ2n) is 4.19. The van der Waals surface area contributed by atoms with E-state index in [0.717, 1.165) is 19.3 Å². The lowest BCUT2D eigenvalue weighted by Crippen LogP contribution is -2.09. The highest BCUT2D eigenvalue weighted by atomic mass is 16.3. The van der Waals surface area contributed by atoms with Gasteiger partial charge in [-0.1, -0.05) is 62.9 Å². The van der Waals surface area contributed by atoms with E-state index in [2.05, 4.69) is 19.1 Å². The third-order valence-corrected chi connectivity index (χ3v) is 2.71. The summed E-state index contributed by atoms with van der Waals surface area (Å²) in [4.78, 5) is 0. The van der Waals surface area contributed by atoms with Gasteiger partial charge < -0.3 is 5.11 Å². The maximum Gasteiger partial charge on any atom is 0.0580 e. The Bertz CT molecular complexity index is 243. The first-order valence-electron chi connectivity index (χ1n) is 6.05. The van der Waals surface area contributed by atoms with Crippen molar-refractivity contribution in [3.63, 3.8) is 0 Å². The lowest BCUT2D eigenvalue weighted by atomic mass is 10.0. The molecule has 0 spiro atoms. The minimum atomic E-state index is -0.163. The molecule has 0 fully saturated rings. The fourth-order valence-corrected chi connectivity index (χ4v) is 1.79. The zero-order chi connectivity index (χ0) is 10.9. The second kappa shape index (κ2) is 7.47. The van der Waals surface area contributed by atoms with Crippen molar-refractivity contribution in [2.45, 2.75) is 51.6 Å². The summed E-state index contributed by atoms with van der Waals surface area (Å²) in [7, 11) is 0. The quantitative estimate of drug-likeness (QED) is 0.676. The fourth-order valence-electron chi connectivity index (χ4n) is 1.79. The molecule has 0 aromatic heterocycles. The molecule has 1 heteroatoms. The number of hydrogen-bond donors (Lipinski definition) is 1. The minimum Gasteiger partial charge on any atom is -0.393 e. The van der Waals surface area contributed by atoms with Crippen LogP contribution in [0.1, 0.15) is 44.6 Å². The van der Waals surface area contributed by atoms with E-state index in [1.807, 2.05) is 18.2 Å². The van der Waals surface area contributed by atoms with Crippen LogP contribution in [0, 0.1) is 0 Å². The highest BCUT2D eigenvalue weighted by molar-refractivity contribution is 5.15. The molecule has 0 aliphatic carbocycles. The number of rotatable bonds is 7. The lowest BCUT2D eigenvalue weighted by Gasteiger charge is -2.10. The van der Waals surface area contributed by atoms with Crippen LogP contribution in [0.15, 0.2) is 30.3 Å². The van der Waals surface area contributed by atoms with Gasteiger partial charge in [-0.2, -0.15) is 0 Å². The van der Waals surface area contributed by atoms with Gasteiger partial charge in [-0.05, 0) is 18.4 Å². The van der Waals surface area contributed by atoms with Gasteiger partial charge in [0.05, 0.1) is 6.10 Å². The van der Waals surface area contributed by atoms with E-state index in [9.17, 15) is 5.11 Å². The van der Waals surface area contributed by atoms with Gasteiger partial charge in [0.25, 0.3) is 0 Å². The Morgan fingerprint density at radius 3 is 2.47 bits per heavy atom. The normalized spacial score (nSPS) is 12.7. The zero-order valence-corrected chi connectivity index (χ0v) is 9.65. The molecule has 1 nitrogen and oxygen atoms in total. The van der Waals surface area contributed by atoms with Crippen LogP contribution < -0.4 is 0 Å². The molecule has 0 bridgehead atoms. The van der Waals surface area contributed by atoms with Crippen molar-refractivity contribution in [2.75, 3.05) is 0 Å². The molecule has 0 aliphatic rings. The summed E-state index contributed by atoms with van der Waals surface area (Å²) < 4.78 is 0. The molecular weight excluding hydrogens is 184 g/mol. The SMILES string of the molecule is CCCCCCC(O)Cc1ccccc1. The molecule has 0 heterocycles. The van der Waals surface area contributed by atoms with Gasteiger partial charge >= 0.3 is 0 Å². The minimum absolute atomic E-state index is 0.163. The third kappa shape index (κ3) is 5.58. The monoisotopic (exact) mass is 206 g/mol. The van der Waals surface area contributed by atoms with E-state index in [1.165, 1.54) is 24.8 Å². The predicted molar refractivity (Wildman–Crippen MR) is 64.9 cm³/mol. The molecule has 0 saturated heterocycles. The lowest BCUT2D eigenvalue weighted by molar-refractivity contribution is 0.161. The summed E-state index contributed by atoms with van der Waals surface area (Å²) in [6, 6.07) is 10.2. The summed E-state index contributed by atoms with van der Waals surface area (Å²) in [5, 5.41) is 9.80. The zero-order valence-electron chi connectivity index (χ0n) is 9.65. The van der Waals surface area contributed by atoms with Crippen LogP contribution in [0.5, 0.6) is 0 Å². The molecule has 1 rings (SSSR count). The second-order valence-corrected chi connectivity index (χ2v) is 4.19.